The predicted molar refractivity (Wildman–Crippen MR) is 103 cm³/mol. The molecule has 0 aliphatic heterocycles. The Labute approximate surface area is 183 Å². The number of aliphatic hydroxyl groups excluding tert-OH is 1. The summed E-state index contributed by atoms with van der Waals surface area (Å²) >= 11 is 5.87. The van der Waals surface area contributed by atoms with E-state index in [0.717, 1.165) is 16.7 Å². The van der Waals surface area contributed by atoms with E-state index in [2.05, 4.69) is 15.2 Å². The van der Waals surface area contributed by atoms with Crippen LogP contribution in [0.4, 0.5) is 13.2 Å². The van der Waals surface area contributed by atoms with Crippen molar-refractivity contribution in [2.24, 2.45) is 0 Å². The van der Waals surface area contributed by atoms with Crippen LogP contribution in [0.3, 0.4) is 0 Å². The fourth-order valence-electron chi connectivity index (χ4n) is 2.69. The molecule has 0 fully saturated rings. The van der Waals surface area contributed by atoms with E-state index in [0.29, 0.717) is 6.33 Å². The van der Waals surface area contributed by atoms with Gasteiger partial charge in [0.2, 0.25) is 11.6 Å². The molecule has 0 atom stereocenters. The van der Waals surface area contributed by atoms with Gasteiger partial charge >= 0.3 is 6.18 Å². The van der Waals surface area contributed by atoms with Crippen LogP contribution < -0.4 is 15.0 Å². The summed E-state index contributed by atoms with van der Waals surface area (Å²) in [6.07, 6.45) is -4.29. The van der Waals surface area contributed by atoms with Gasteiger partial charge in [-0.3, -0.25) is 9.36 Å². The van der Waals surface area contributed by atoms with Gasteiger partial charge in [-0.25, -0.2) is 4.98 Å². The molecule has 0 radical (unpaired) electrons. The van der Waals surface area contributed by atoms with E-state index in [4.69, 9.17) is 26.3 Å². The molecular weight excluding hydrogens is 455 g/mol. The molecule has 0 amide bonds. The Bertz CT molecular complexity index is 1260. The van der Waals surface area contributed by atoms with Crippen molar-refractivity contribution in [2.75, 3.05) is 7.11 Å². The smallest absolute Gasteiger partial charge is 0.437 e. The highest BCUT2D eigenvalue weighted by atomic mass is 35.5. The molecule has 0 saturated heterocycles. The molecule has 3 rings (SSSR count). The first kappa shape index (κ1) is 23.0. The first-order chi connectivity index (χ1) is 15.2. The number of alkyl halides is 3. The van der Waals surface area contributed by atoms with Gasteiger partial charge < -0.3 is 14.6 Å². The molecule has 1 N–H and O–H groups in total. The van der Waals surface area contributed by atoms with Gasteiger partial charge in [0.25, 0.3) is 5.56 Å². The van der Waals surface area contributed by atoms with Gasteiger partial charge in [0.05, 0.1) is 43.9 Å². The Morgan fingerprint density at radius 2 is 2.00 bits per heavy atom. The summed E-state index contributed by atoms with van der Waals surface area (Å²) < 4.78 is 51.6. The Balaban J connectivity index is 2.11. The number of aliphatic hydroxyl groups is 1. The zero-order valence-electron chi connectivity index (χ0n) is 16.2. The van der Waals surface area contributed by atoms with E-state index in [1.807, 2.05) is 0 Å². The number of methoxy groups -OCH3 is 1. The topological polar surface area (TPSA) is 123 Å². The fraction of sp³-hybridized carbons (Fsp3) is 0.211. The summed E-state index contributed by atoms with van der Waals surface area (Å²) in [6.45, 7) is -0.750. The Morgan fingerprint density at radius 1 is 1.25 bits per heavy atom. The van der Waals surface area contributed by atoms with Gasteiger partial charge in [-0.05, 0) is 24.3 Å². The lowest BCUT2D eigenvalue weighted by Gasteiger charge is -2.15. The van der Waals surface area contributed by atoms with E-state index in [9.17, 15) is 23.1 Å². The van der Waals surface area contributed by atoms with Gasteiger partial charge in [0.1, 0.15) is 5.75 Å². The summed E-state index contributed by atoms with van der Waals surface area (Å²) in [7, 11) is 1.29. The summed E-state index contributed by atoms with van der Waals surface area (Å²) in [5.41, 5.74) is -2.26. The lowest BCUT2D eigenvalue weighted by Crippen LogP contribution is -2.27. The van der Waals surface area contributed by atoms with E-state index >= 15 is 0 Å². The highest BCUT2D eigenvalue weighted by molar-refractivity contribution is 6.30. The average molecular weight is 468 g/mol. The largest absolute Gasteiger partial charge is 0.480 e. The summed E-state index contributed by atoms with van der Waals surface area (Å²) in [4.78, 5) is 16.3. The standard InChI is InChI=1S/C19H13ClF3N5O4/c1-31-17-11(4-13(8-29)26-27-17)7-28-9-25-16(19(21,22)23)15(18(28)30)32-14-3-10(6-24)2-12(20)5-14/h2-5,9,29H,7-8H2,1H3. The monoisotopic (exact) mass is 467 g/mol. The van der Waals surface area contributed by atoms with Crippen LogP contribution in [0, 0.1) is 11.3 Å². The van der Waals surface area contributed by atoms with E-state index in [1.165, 1.54) is 19.2 Å². The zero-order valence-corrected chi connectivity index (χ0v) is 17.0. The van der Waals surface area contributed by atoms with Gasteiger partial charge in [0, 0.05) is 10.6 Å². The van der Waals surface area contributed by atoms with E-state index in [1.54, 1.807) is 6.07 Å². The molecule has 0 aliphatic rings. The molecule has 1 aromatic carbocycles. The molecule has 166 valence electrons. The first-order valence-corrected chi connectivity index (χ1v) is 9.09. The zero-order chi connectivity index (χ0) is 23.5. The lowest BCUT2D eigenvalue weighted by molar-refractivity contribution is -0.142. The fourth-order valence-corrected chi connectivity index (χ4v) is 2.92. The summed E-state index contributed by atoms with van der Waals surface area (Å²) in [6, 6.07) is 6.74. The van der Waals surface area contributed by atoms with Crippen molar-refractivity contribution < 1.29 is 27.8 Å². The van der Waals surface area contributed by atoms with Crippen LogP contribution in [0.2, 0.25) is 5.02 Å². The quantitative estimate of drug-likeness (QED) is 0.587. The Kier molecular flexibility index (Phi) is 6.61. The molecule has 2 heterocycles. The van der Waals surface area contributed by atoms with E-state index < -0.39 is 29.8 Å². The van der Waals surface area contributed by atoms with Gasteiger partial charge in [-0.15, -0.1) is 10.2 Å². The van der Waals surface area contributed by atoms with Crippen LogP contribution in [-0.4, -0.2) is 32.0 Å². The SMILES string of the molecule is COc1nnc(CO)cc1Cn1cnc(C(F)(F)F)c(Oc2cc(Cl)cc(C#N)c2)c1=O. The number of hydrogen-bond acceptors (Lipinski definition) is 8. The van der Waals surface area contributed by atoms with Crippen molar-refractivity contribution >= 4 is 11.6 Å². The van der Waals surface area contributed by atoms with Gasteiger partial charge in [-0.1, -0.05) is 11.6 Å². The highest BCUT2D eigenvalue weighted by Gasteiger charge is 2.38. The van der Waals surface area contributed by atoms with Crippen molar-refractivity contribution in [3.05, 3.63) is 68.5 Å². The molecule has 0 saturated carbocycles. The number of nitrogens with zero attached hydrogens (tertiary/aromatic N) is 5. The third-order valence-electron chi connectivity index (χ3n) is 4.07. The van der Waals surface area contributed by atoms with Crippen molar-refractivity contribution in [1.82, 2.24) is 19.7 Å². The Hall–Kier alpha value is -3.69. The number of benzene rings is 1. The normalized spacial score (nSPS) is 11.2. The second kappa shape index (κ2) is 9.21. The second-order valence-electron chi connectivity index (χ2n) is 6.27. The third-order valence-corrected chi connectivity index (χ3v) is 4.28. The third kappa shape index (κ3) is 4.96. The molecule has 32 heavy (non-hydrogen) atoms. The minimum atomic E-state index is -5.00. The minimum Gasteiger partial charge on any atom is -0.480 e. The number of aromatic nitrogens is 4. The molecular formula is C19H13ClF3N5O4. The van der Waals surface area contributed by atoms with Crippen LogP contribution in [0.5, 0.6) is 17.4 Å². The number of hydrogen-bond donors (Lipinski definition) is 1. The van der Waals surface area contributed by atoms with Crippen LogP contribution in [-0.2, 0) is 19.3 Å². The minimum absolute atomic E-state index is 0.00460. The summed E-state index contributed by atoms with van der Waals surface area (Å²) in [5, 5.41) is 25.7. The van der Waals surface area contributed by atoms with Crippen molar-refractivity contribution in [2.45, 2.75) is 19.3 Å². The average Bonchev–Trinajstić information content (AvgIpc) is 2.75. The van der Waals surface area contributed by atoms with Crippen LogP contribution in [0.25, 0.3) is 0 Å². The molecule has 0 bridgehead atoms. The maximum atomic E-state index is 13.5. The molecule has 2 aromatic heterocycles. The first-order valence-electron chi connectivity index (χ1n) is 8.71. The predicted octanol–water partition coefficient (Wildman–Crippen LogP) is 2.92. The maximum absolute atomic E-state index is 13.5. The van der Waals surface area contributed by atoms with Gasteiger partial charge in [0.15, 0.2) is 5.69 Å². The van der Waals surface area contributed by atoms with Crippen molar-refractivity contribution in [3.8, 4) is 23.4 Å². The van der Waals surface area contributed by atoms with Gasteiger partial charge in [-0.2, -0.15) is 18.4 Å². The van der Waals surface area contributed by atoms with E-state index in [-0.39, 0.29) is 40.0 Å². The molecule has 9 nitrogen and oxygen atoms in total. The number of ether oxygens (including phenoxy) is 2. The van der Waals surface area contributed by atoms with Crippen molar-refractivity contribution in [1.29, 1.82) is 5.26 Å². The van der Waals surface area contributed by atoms with Crippen molar-refractivity contribution in [3.63, 3.8) is 0 Å². The Morgan fingerprint density at radius 3 is 2.62 bits per heavy atom. The molecule has 3 aromatic rings. The number of nitriles is 1. The number of rotatable bonds is 6. The molecule has 13 heteroatoms. The lowest BCUT2D eigenvalue weighted by atomic mass is 10.2. The summed E-state index contributed by atoms with van der Waals surface area (Å²) in [5.74, 6) is -1.35. The maximum Gasteiger partial charge on any atom is 0.437 e. The number of halogens is 4. The highest BCUT2D eigenvalue weighted by Crippen LogP contribution is 2.35. The molecule has 0 spiro atoms. The second-order valence-corrected chi connectivity index (χ2v) is 6.71. The van der Waals surface area contributed by atoms with Crippen LogP contribution in [0.1, 0.15) is 22.5 Å². The molecule has 0 aliphatic carbocycles. The van der Waals surface area contributed by atoms with Crippen LogP contribution in [0.15, 0.2) is 35.4 Å². The van der Waals surface area contributed by atoms with Crippen LogP contribution >= 0.6 is 11.6 Å². The molecule has 0 unspecified atom stereocenters.